The Labute approximate surface area is 122 Å². The first-order chi connectivity index (χ1) is 9.58. The van der Waals surface area contributed by atoms with Gasteiger partial charge < -0.3 is 10.1 Å². The highest BCUT2D eigenvalue weighted by atomic mass is 79.9. The number of carbonyl (C=O) groups is 1. The number of hydrogen-bond donors (Lipinski definition) is 0. The van der Waals surface area contributed by atoms with Crippen molar-refractivity contribution in [1.82, 2.24) is 14.8 Å². The summed E-state index contributed by atoms with van der Waals surface area (Å²) in [6.45, 7) is 0.389. The van der Waals surface area contributed by atoms with Crippen molar-refractivity contribution >= 4 is 27.7 Å². The van der Waals surface area contributed by atoms with Crippen LogP contribution in [0.4, 0.5) is 5.95 Å². The van der Waals surface area contributed by atoms with E-state index in [4.69, 9.17) is 0 Å². The molecule has 0 aliphatic carbocycles. The molecular formula is C12H11BrN4O3. The Bertz CT molecular complexity index is 627. The van der Waals surface area contributed by atoms with Crippen molar-refractivity contribution in [1.29, 1.82) is 0 Å². The van der Waals surface area contributed by atoms with Crippen LogP contribution in [0.25, 0.3) is 0 Å². The fraction of sp³-hybridized carbons (Fsp3) is 0.250. The predicted octanol–water partition coefficient (Wildman–Crippen LogP) is 2.61. The van der Waals surface area contributed by atoms with Gasteiger partial charge in [-0.05, 0) is 16.3 Å². The first kappa shape index (κ1) is 14.3. The third-order valence-electron chi connectivity index (χ3n) is 2.65. The van der Waals surface area contributed by atoms with Gasteiger partial charge in [0.05, 0.1) is 6.54 Å². The van der Waals surface area contributed by atoms with Gasteiger partial charge in [-0.3, -0.25) is 4.79 Å². The van der Waals surface area contributed by atoms with Crippen molar-refractivity contribution in [2.75, 3.05) is 0 Å². The highest BCUT2D eigenvalue weighted by Gasteiger charge is 2.19. The summed E-state index contributed by atoms with van der Waals surface area (Å²) >= 11 is 3.10. The summed E-state index contributed by atoms with van der Waals surface area (Å²) in [6.07, 6.45) is 0.886. The lowest BCUT2D eigenvalue weighted by Crippen LogP contribution is -2.05. The molecule has 0 aliphatic heterocycles. The Kier molecular flexibility index (Phi) is 4.57. The van der Waals surface area contributed by atoms with Crippen LogP contribution in [0, 0.1) is 10.1 Å². The third kappa shape index (κ3) is 3.47. The van der Waals surface area contributed by atoms with Gasteiger partial charge in [0.25, 0.3) is 4.73 Å². The molecule has 1 heterocycles. The number of carbonyl (C=O) groups excluding carboxylic acids is 1. The van der Waals surface area contributed by atoms with E-state index < -0.39 is 10.9 Å². The van der Waals surface area contributed by atoms with Crippen molar-refractivity contribution in [3.05, 3.63) is 50.7 Å². The van der Waals surface area contributed by atoms with Crippen LogP contribution in [-0.2, 0) is 6.54 Å². The monoisotopic (exact) mass is 338 g/mol. The third-order valence-corrected chi connectivity index (χ3v) is 3.23. The molecule has 0 spiro atoms. The van der Waals surface area contributed by atoms with Crippen LogP contribution in [0.5, 0.6) is 0 Å². The molecule has 0 saturated carbocycles. The van der Waals surface area contributed by atoms with Gasteiger partial charge >= 0.3 is 5.95 Å². The van der Waals surface area contributed by atoms with Gasteiger partial charge in [-0.15, -0.1) is 0 Å². The van der Waals surface area contributed by atoms with E-state index in [1.165, 1.54) is 4.68 Å². The second-order valence-corrected chi connectivity index (χ2v) is 4.76. The number of nitro groups is 1. The summed E-state index contributed by atoms with van der Waals surface area (Å²) in [6, 6.07) is 8.99. The van der Waals surface area contributed by atoms with Crippen LogP contribution in [0.2, 0.25) is 0 Å². The number of rotatable bonds is 6. The lowest BCUT2D eigenvalue weighted by atomic mass is 10.1. The maximum absolute atomic E-state index is 11.9. The molecule has 0 fully saturated rings. The van der Waals surface area contributed by atoms with Crippen LogP contribution in [-0.4, -0.2) is 25.5 Å². The molecule has 104 valence electrons. The quantitative estimate of drug-likeness (QED) is 0.458. The van der Waals surface area contributed by atoms with Gasteiger partial charge in [0.2, 0.25) is 0 Å². The van der Waals surface area contributed by atoms with Crippen LogP contribution in [0.3, 0.4) is 0 Å². The van der Waals surface area contributed by atoms with Crippen molar-refractivity contribution in [2.24, 2.45) is 0 Å². The molecule has 0 bridgehead atoms. The van der Waals surface area contributed by atoms with E-state index in [1.54, 1.807) is 12.1 Å². The minimum Gasteiger partial charge on any atom is -0.390 e. The summed E-state index contributed by atoms with van der Waals surface area (Å²) in [7, 11) is 0. The smallest absolute Gasteiger partial charge is 0.390 e. The second-order valence-electron chi connectivity index (χ2n) is 4.05. The summed E-state index contributed by atoms with van der Waals surface area (Å²) < 4.78 is 1.66. The first-order valence-electron chi connectivity index (χ1n) is 5.91. The zero-order valence-electron chi connectivity index (χ0n) is 10.4. The Morgan fingerprint density at radius 3 is 2.65 bits per heavy atom. The normalized spacial score (nSPS) is 10.4. The standard InChI is InChI=1S/C12H11BrN4O3/c13-11-14-12(17(19)20)15-16(11)8-4-7-10(18)9-5-2-1-3-6-9/h1-3,5-6H,4,7-8H2. The highest BCUT2D eigenvalue weighted by molar-refractivity contribution is 9.10. The Hall–Kier alpha value is -2.09. The molecule has 0 unspecified atom stereocenters. The van der Waals surface area contributed by atoms with E-state index in [0.717, 1.165) is 0 Å². The highest BCUT2D eigenvalue weighted by Crippen LogP contribution is 2.13. The molecule has 2 aromatic rings. The molecule has 8 heteroatoms. The van der Waals surface area contributed by atoms with Gasteiger partial charge in [0.15, 0.2) is 5.78 Å². The van der Waals surface area contributed by atoms with Crippen LogP contribution in [0.15, 0.2) is 35.1 Å². The topological polar surface area (TPSA) is 90.9 Å². The van der Waals surface area contributed by atoms with Crippen LogP contribution in [0.1, 0.15) is 23.2 Å². The maximum atomic E-state index is 11.9. The Balaban J connectivity index is 1.90. The maximum Gasteiger partial charge on any atom is 0.492 e. The van der Waals surface area contributed by atoms with Gasteiger partial charge in [-0.1, -0.05) is 30.3 Å². The minimum atomic E-state index is -0.656. The largest absolute Gasteiger partial charge is 0.492 e. The van der Waals surface area contributed by atoms with Crippen LogP contribution < -0.4 is 0 Å². The molecule has 0 radical (unpaired) electrons. The van der Waals surface area contributed by atoms with Crippen molar-refractivity contribution in [2.45, 2.75) is 19.4 Å². The molecule has 1 aromatic carbocycles. The average Bonchev–Trinajstić information content (AvgIpc) is 2.81. The molecule has 0 N–H and O–H groups in total. The molecule has 0 aliphatic rings. The molecule has 1 aromatic heterocycles. The number of aromatic nitrogens is 3. The molecule has 0 amide bonds. The van der Waals surface area contributed by atoms with Crippen molar-refractivity contribution < 1.29 is 9.72 Å². The minimum absolute atomic E-state index is 0.0383. The molecule has 7 nitrogen and oxygen atoms in total. The van der Waals surface area contributed by atoms with E-state index in [2.05, 4.69) is 26.0 Å². The lowest BCUT2D eigenvalue weighted by Gasteiger charge is -2.00. The van der Waals surface area contributed by atoms with Gasteiger partial charge in [0.1, 0.15) is 0 Å². The zero-order valence-corrected chi connectivity index (χ0v) is 12.0. The van der Waals surface area contributed by atoms with E-state index in [9.17, 15) is 14.9 Å². The first-order valence-corrected chi connectivity index (χ1v) is 6.70. The van der Waals surface area contributed by atoms with E-state index in [-0.39, 0.29) is 10.5 Å². The van der Waals surface area contributed by atoms with Gasteiger partial charge in [0, 0.05) is 33.0 Å². The molecule has 0 saturated heterocycles. The molecule has 2 rings (SSSR count). The van der Waals surface area contributed by atoms with E-state index >= 15 is 0 Å². The second kappa shape index (κ2) is 6.38. The molecule has 20 heavy (non-hydrogen) atoms. The fourth-order valence-corrected chi connectivity index (χ4v) is 2.10. The predicted molar refractivity (Wildman–Crippen MR) is 74.4 cm³/mol. The van der Waals surface area contributed by atoms with Crippen molar-refractivity contribution in [3.63, 3.8) is 0 Å². The Morgan fingerprint density at radius 2 is 2.05 bits per heavy atom. The molecule has 0 atom stereocenters. The number of Topliss-reactive ketones (excluding diaryl/α,β-unsaturated/α-hetero) is 1. The summed E-state index contributed by atoms with van der Waals surface area (Å²) in [5.41, 5.74) is 0.663. The summed E-state index contributed by atoms with van der Waals surface area (Å²) in [5, 5.41) is 14.3. The van der Waals surface area contributed by atoms with Gasteiger partial charge in [-0.2, -0.15) is 4.68 Å². The van der Waals surface area contributed by atoms with Crippen molar-refractivity contribution in [3.8, 4) is 0 Å². The Morgan fingerprint density at radius 1 is 1.35 bits per heavy atom. The SMILES string of the molecule is O=C(CCCn1nc([N+](=O)[O-])nc1Br)c1ccccc1. The number of ketones is 1. The number of aryl methyl sites for hydroxylation is 1. The number of hydrogen-bond acceptors (Lipinski definition) is 5. The fourth-order valence-electron chi connectivity index (χ4n) is 1.69. The van der Waals surface area contributed by atoms with E-state index in [1.807, 2.05) is 18.2 Å². The number of nitrogens with zero attached hydrogens (tertiary/aromatic N) is 4. The number of halogens is 1. The summed E-state index contributed by atoms with van der Waals surface area (Å²) in [4.78, 5) is 25.4. The molecular weight excluding hydrogens is 328 g/mol. The summed E-state index contributed by atoms with van der Waals surface area (Å²) in [5.74, 6) is -0.414. The van der Waals surface area contributed by atoms with E-state index in [0.29, 0.717) is 24.9 Å². The zero-order chi connectivity index (χ0) is 14.5. The average molecular weight is 339 g/mol. The number of benzene rings is 1. The lowest BCUT2D eigenvalue weighted by molar-refractivity contribution is -0.394. The van der Waals surface area contributed by atoms with Crippen LogP contribution >= 0.6 is 15.9 Å². The van der Waals surface area contributed by atoms with Gasteiger partial charge in [-0.25, -0.2) is 0 Å².